The molecule has 0 N–H and O–H groups in total. The Morgan fingerprint density at radius 1 is 1.60 bits per heavy atom. The van der Waals surface area contributed by atoms with Crippen LogP contribution in [0.15, 0.2) is 6.20 Å². The van der Waals surface area contributed by atoms with Gasteiger partial charge in [0.05, 0.1) is 11.9 Å². The summed E-state index contributed by atoms with van der Waals surface area (Å²) < 4.78 is 1.94. The van der Waals surface area contributed by atoms with Gasteiger partial charge in [-0.25, -0.2) is 4.68 Å². The van der Waals surface area contributed by atoms with E-state index in [-0.39, 0.29) is 5.41 Å². The number of carbonyl (C=O) groups is 1. The molecule has 0 amide bonds. The van der Waals surface area contributed by atoms with Crippen LogP contribution in [0.4, 0.5) is 0 Å². The van der Waals surface area contributed by atoms with Crippen LogP contribution >= 0.6 is 0 Å². The molecule has 0 aromatic carbocycles. The maximum Gasteiger partial charge on any atom is 0.133 e. The van der Waals surface area contributed by atoms with Crippen molar-refractivity contribution in [3.05, 3.63) is 11.9 Å². The molecule has 1 fully saturated rings. The first-order chi connectivity index (χ1) is 7.15. The van der Waals surface area contributed by atoms with Crippen molar-refractivity contribution >= 4 is 5.78 Å². The Bertz CT molecular complexity index is 372. The van der Waals surface area contributed by atoms with Gasteiger partial charge in [0.2, 0.25) is 0 Å². The minimum atomic E-state index is -0.0320. The highest BCUT2D eigenvalue weighted by Crippen LogP contribution is 2.38. The third-order valence-corrected chi connectivity index (χ3v) is 3.21. The summed E-state index contributed by atoms with van der Waals surface area (Å²) >= 11 is 0. The summed E-state index contributed by atoms with van der Waals surface area (Å²) in [5.74, 6) is 0.363. The van der Waals surface area contributed by atoms with E-state index in [1.807, 2.05) is 10.9 Å². The quantitative estimate of drug-likeness (QED) is 0.758. The van der Waals surface area contributed by atoms with E-state index < -0.39 is 0 Å². The first kappa shape index (κ1) is 10.3. The summed E-state index contributed by atoms with van der Waals surface area (Å²) in [4.78, 5) is 11.4. The van der Waals surface area contributed by atoms with Crippen LogP contribution in [0.5, 0.6) is 0 Å². The summed E-state index contributed by atoms with van der Waals surface area (Å²) in [6, 6.07) is 0. The molecule has 1 aliphatic rings. The summed E-state index contributed by atoms with van der Waals surface area (Å²) in [7, 11) is 0. The van der Waals surface area contributed by atoms with Gasteiger partial charge >= 0.3 is 0 Å². The predicted molar refractivity (Wildman–Crippen MR) is 56.5 cm³/mol. The minimum absolute atomic E-state index is 0.0320. The lowest BCUT2D eigenvalue weighted by Crippen LogP contribution is -2.23. The Morgan fingerprint density at radius 2 is 2.40 bits per heavy atom. The lowest BCUT2D eigenvalue weighted by molar-refractivity contribution is -0.117. The second kappa shape index (κ2) is 3.76. The van der Waals surface area contributed by atoms with Crippen molar-refractivity contribution in [2.75, 3.05) is 0 Å². The Balaban J connectivity index is 2.28. The number of nitrogens with zero attached hydrogens (tertiary/aromatic N) is 3. The second-order valence-electron chi connectivity index (χ2n) is 4.62. The van der Waals surface area contributed by atoms with Crippen LogP contribution in [-0.4, -0.2) is 20.8 Å². The molecule has 0 radical (unpaired) electrons. The molecule has 4 nitrogen and oxygen atoms in total. The first-order valence-corrected chi connectivity index (χ1v) is 5.56. The van der Waals surface area contributed by atoms with E-state index in [1.54, 1.807) is 0 Å². The lowest BCUT2D eigenvalue weighted by Gasteiger charge is -2.22. The molecule has 0 saturated heterocycles. The van der Waals surface area contributed by atoms with Crippen molar-refractivity contribution < 1.29 is 4.79 Å². The maximum absolute atomic E-state index is 11.4. The minimum Gasteiger partial charge on any atom is -0.300 e. The van der Waals surface area contributed by atoms with Gasteiger partial charge in [-0.15, -0.1) is 5.10 Å². The van der Waals surface area contributed by atoms with Crippen LogP contribution in [0.2, 0.25) is 0 Å². The van der Waals surface area contributed by atoms with Crippen LogP contribution in [0.3, 0.4) is 0 Å². The highest BCUT2D eigenvalue weighted by Gasteiger charge is 2.38. The Kier molecular flexibility index (Phi) is 2.59. The average Bonchev–Trinajstić information content (AvgIpc) is 2.75. The van der Waals surface area contributed by atoms with Crippen LogP contribution in [0, 0.1) is 0 Å². The molecule has 0 spiro atoms. The largest absolute Gasteiger partial charge is 0.300 e. The average molecular weight is 207 g/mol. The molecule has 1 aliphatic carbocycles. The van der Waals surface area contributed by atoms with Crippen molar-refractivity contribution in [3.8, 4) is 0 Å². The van der Waals surface area contributed by atoms with Crippen LogP contribution in [0.1, 0.15) is 45.2 Å². The summed E-state index contributed by atoms with van der Waals surface area (Å²) in [6.07, 6.45) is 5.13. The Morgan fingerprint density at radius 3 is 3.00 bits per heavy atom. The third kappa shape index (κ3) is 1.80. The van der Waals surface area contributed by atoms with Crippen molar-refractivity contribution in [2.45, 2.75) is 51.5 Å². The molecule has 0 bridgehead atoms. The topological polar surface area (TPSA) is 47.8 Å². The lowest BCUT2D eigenvalue weighted by atomic mass is 9.85. The zero-order valence-corrected chi connectivity index (χ0v) is 9.36. The maximum atomic E-state index is 11.4. The SMILES string of the molecule is CCCn1nncc1C1(C)CCC(=O)C1. The van der Waals surface area contributed by atoms with Gasteiger partial charge in [0, 0.05) is 24.8 Å². The van der Waals surface area contributed by atoms with Crippen molar-refractivity contribution in [1.29, 1.82) is 0 Å². The van der Waals surface area contributed by atoms with Gasteiger partial charge in [-0.1, -0.05) is 19.1 Å². The summed E-state index contributed by atoms with van der Waals surface area (Å²) in [5, 5.41) is 8.03. The number of aromatic nitrogens is 3. The van der Waals surface area contributed by atoms with Crippen LogP contribution in [0.25, 0.3) is 0 Å². The number of Topliss-reactive ketones (excluding diaryl/α,β-unsaturated/α-hetero) is 1. The second-order valence-corrected chi connectivity index (χ2v) is 4.62. The fraction of sp³-hybridized carbons (Fsp3) is 0.727. The number of aryl methyl sites for hydroxylation is 1. The number of carbonyl (C=O) groups excluding carboxylic acids is 1. The van der Waals surface area contributed by atoms with Gasteiger partial charge in [0.25, 0.3) is 0 Å². The molecule has 2 rings (SSSR count). The van der Waals surface area contributed by atoms with Crippen molar-refractivity contribution in [2.24, 2.45) is 0 Å². The molecule has 1 unspecified atom stereocenters. The van der Waals surface area contributed by atoms with Crippen molar-refractivity contribution in [3.63, 3.8) is 0 Å². The number of hydrogen-bond donors (Lipinski definition) is 0. The van der Waals surface area contributed by atoms with E-state index in [0.717, 1.165) is 25.1 Å². The van der Waals surface area contributed by atoms with E-state index in [4.69, 9.17) is 0 Å². The fourth-order valence-electron chi connectivity index (χ4n) is 2.35. The van der Waals surface area contributed by atoms with Crippen molar-refractivity contribution in [1.82, 2.24) is 15.0 Å². The monoisotopic (exact) mass is 207 g/mol. The van der Waals surface area contributed by atoms with Crippen LogP contribution in [-0.2, 0) is 16.8 Å². The number of rotatable bonds is 3. The molecule has 15 heavy (non-hydrogen) atoms. The molecule has 4 heteroatoms. The molecule has 0 aliphatic heterocycles. The summed E-state index contributed by atoms with van der Waals surface area (Å²) in [5.41, 5.74) is 1.09. The van der Waals surface area contributed by atoms with Gasteiger partial charge in [-0.05, 0) is 12.8 Å². The van der Waals surface area contributed by atoms with Crippen LogP contribution < -0.4 is 0 Å². The highest BCUT2D eigenvalue weighted by atomic mass is 16.1. The molecular weight excluding hydrogens is 190 g/mol. The predicted octanol–water partition coefficient (Wildman–Crippen LogP) is 1.70. The van der Waals surface area contributed by atoms with E-state index in [9.17, 15) is 4.79 Å². The number of hydrogen-bond acceptors (Lipinski definition) is 3. The van der Waals surface area contributed by atoms with Gasteiger partial charge in [-0.2, -0.15) is 0 Å². The van der Waals surface area contributed by atoms with Gasteiger partial charge < -0.3 is 0 Å². The molecule has 1 aromatic rings. The fourth-order valence-corrected chi connectivity index (χ4v) is 2.35. The summed E-state index contributed by atoms with van der Waals surface area (Å²) in [6.45, 7) is 5.15. The molecular formula is C11H17N3O. The molecule has 1 heterocycles. The zero-order chi connectivity index (χ0) is 10.9. The van der Waals surface area contributed by atoms with Gasteiger partial charge in [0.1, 0.15) is 5.78 Å². The van der Waals surface area contributed by atoms with Gasteiger partial charge in [-0.3, -0.25) is 4.79 Å². The Labute approximate surface area is 89.7 Å². The molecule has 1 saturated carbocycles. The Hall–Kier alpha value is -1.19. The zero-order valence-electron chi connectivity index (χ0n) is 9.36. The van der Waals surface area contributed by atoms with E-state index >= 15 is 0 Å². The normalized spacial score (nSPS) is 26.1. The van der Waals surface area contributed by atoms with Gasteiger partial charge in [0.15, 0.2) is 0 Å². The molecule has 82 valence electrons. The van der Waals surface area contributed by atoms with E-state index in [1.165, 1.54) is 0 Å². The molecule has 1 aromatic heterocycles. The smallest absolute Gasteiger partial charge is 0.133 e. The highest BCUT2D eigenvalue weighted by molar-refractivity contribution is 5.82. The van der Waals surface area contributed by atoms with E-state index in [2.05, 4.69) is 24.2 Å². The molecule has 1 atom stereocenters. The standard InChI is InChI=1S/C11H17N3O/c1-3-6-14-10(8-12-13-14)11(2)5-4-9(15)7-11/h8H,3-7H2,1-2H3. The van der Waals surface area contributed by atoms with E-state index in [0.29, 0.717) is 18.6 Å². The first-order valence-electron chi connectivity index (χ1n) is 5.56. The third-order valence-electron chi connectivity index (χ3n) is 3.21. The number of ketones is 1.